The zero-order valence-electron chi connectivity index (χ0n) is 10.4. The molecule has 1 N–H and O–H groups in total. The lowest BCUT2D eigenvalue weighted by molar-refractivity contribution is -0.272. The van der Waals surface area contributed by atoms with E-state index in [1.807, 2.05) is 0 Å². The monoisotopic (exact) mass is 328 g/mol. The molecule has 3 nitrogen and oxygen atoms in total. The van der Waals surface area contributed by atoms with Crippen LogP contribution < -0.4 is 0 Å². The number of likely N-dealkylation sites (tertiary alicyclic amines) is 1. The largest absolute Gasteiger partial charge is 0.417 e. The molecule has 0 aromatic carbocycles. The Labute approximate surface area is 124 Å². The molecule has 0 unspecified atom stereocenters. The van der Waals surface area contributed by atoms with Crippen LogP contribution in [0.2, 0.25) is 10.0 Å². The van der Waals surface area contributed by atoms with Crippen molar-refractivity contribution in [3.05, 3.63) is 28.0 Å². The molecule has 1 aliphatic rings. The van der Waals surface area contributed by atoms with Gasteiger partial charge in [0.2, 0.25) is 0 Å². The Morgan fingerprint density at radius 2 is 1.90 bits per heavy atom. The second kappa shape index (κ2) is 5.67. The van der Waals surface area contributed by atoms with Crippen LogP contribution in [0, 0.1) is 0 Å². The van der Waals surface area contributed by atoms with Crippen LogP contribution in [0.5, 0.6) is 0 Å². The average molecular weight is 329 g/mol. The third kappa shape index (κ3) is 3.36. The van der Waals surface area contributed by atoms with Crippen LogP contribution >= 0.6 is 23.2 Å². The zero-order valence-corrected chi connectivity index (χ0v) is 11.9. The molecule has 1 aromatic heterocycles. The van der Waals surface area contributed by atoms with Crippen molar-refractivity contribution >= 4 is 23.2 Å². The van der Waals surface area contributed by atoms with Gasteiger partial charge < -0.3 is 5.11 Å². The third-order valence-corrected chi connectivity index (χ3v) is 4.00. The van der Waals surface area contributed by atoms with Crippen molar-refractivity contribution in [3.8, 4) is 0 Å². The number of hydrogen-bond donors (Lipinski definition) is 1. The van der Waals surface area contributed by atoms with Crippen LogP contribution in [0.15, 0.2) is 12.3 Å². The van der Waals surface area contributed by atoms with Crippen molar-refractivity contribution in [1.29, 1.82) is 0 Å². The Balaban J connectivity index is 1.98. The molecule has 0 bridgehead atoms. The Kier molecular flexibility index (Phi) is 4.49. The molecule has 2 rings (SSSR count). The SMILES string of the molecule is OC1(C(F)(F)F)CCN(Cc2ncc(Cl)cc2Cl)CC1. The van der Waals surface area contributed by atoms with Crippen molar-refractivity contribution in [2.24, 2.45) is 0 Å². The van der Waals surface area contributed by atoms with Gasteiger partial charge in [-0.2, -0.15) is 13.2 Å². The van der Waals surface area contributed by atoms with Crippen LogP contribution in [0.3, 0.4) is 0 Å². The molecule has 1 aromatic rings. The van der Waals surface area contributed by atoms with E-state index in [4.69, 9.17) is 23.2 Å². The van der Waals surface area contributed by atoms with E-state index in [2.05, 4.69) is 4.98 Å². The first-order valence-corrected chi connectivity index (χ1v) is 6.78. The molecule has 0 saturated carbocycles. The van der Waals surface area contributed by atoms with E-state index in [0.29, 0.717) is 22.3 Å². The minimum atomic E-state index is -4.59. The number of aliphatic hydroxyl groups is 1. The van der Waals surface area contributed by atoms with Gasteiger partial charge in [0.1, 0.15) is 0 Å². The molecule has 20 heavy (non-hydrogen) atoms. The molecular weight excluding hydrogens is 316 g/mol. The molecule has 0 spiro atoms. The standard InChI is InChI=1S/C12H13Cl2F3N2O/c13-8-5-9(14)10(18-6-8)7-19-3-1-11(20,2-4-19)12(15,16)17/h5-6,20H,1-4,7H2. The van der Waals surface area contributed by atoms with Crippen molar-refractivity contribution in [2.75, 3.05) is 13.1 Å². The van der Waals surface area contributed by atoms with Crippen molar-refractivity contribution < 1.29 is 18.3 Å². The van der Waals surface area contributed by atoms with E-state index >= 15 is 0 Å². The maximum atomic E-state index is 12.7. The smallest absolute Gasteiger partial charge is 0.380 e. The number of halogens is 5. The van der Waals surface area contributed by atoms with Gasteiger partial charge in [0.15, 0.2) is 5.60 Å². The number of aromatic nitrogens is 1. The van der Waals surface area contributed by atoms with Crippen LogP contribution in [-0.4, -0.2) is 39.9 Å². The lowest BCUT2D eigenvalue weighted by atomic mass is 9.91. The van der Waals surface area contributed by atoms with E-state index in [-0.39, 0.29) is 25.9 Å². The summed E-state index contributed by atoms with van der Waals surface area (Å²) in [5.41, 5.74) is -2.02. The highest BCUT2D eigenvalue weighted by Crippen LogP contribution is 2.38. The van der Waals surface area contributed by atoms with Crippen molar-refractivity contribution in [3.63, 3.8) is 0 Å². The first-order chi connectivity index (χ1) is 9.21. The summed E-state index contributed by atoms with van der Waals surface area (Å²) in [6, 6.07) is 1.54. The molecule has 2 heterocycles. The van der Waals surface area contributed by atoms with Crippen LogP contribution in [0.25, 0.3) is 0 Å². The number of hydrogen-bond acceptors (Lipinski definition) is 3. The van der Waals surface area contributed by atoms with E-state index in [9.17, 15) is 18.3 Å². The first kappa shape index (κ1) is 15.8. The van der Waals surface area contributed by atoms with Crippen LogP contribution in [-0.2, 0) is 6.54 Å². The summed E-state index contributed by atoms with van der Waals surface area (Å²) < 4.78 is 38.0. The van der Waals surface area contributed by atoms with Gasteiger partial charge in [-0.25, -0.2) is 0 Å². The van der Waals surface area contributed by atoms with Gasteiger partial charge in [-0.3, -0.25) is 9.88 Å². The van der Waals surface area contributed by atoms with Gasteiger partial charge in [0, 0.05) is 25.8 Å². The van der Waals surface area contributed by atoms with E-state index < -0.39 is 11.8 Å². The third-order valence-electron chi connectivity index (χ3n) is 3.47. The predicted molar refractivity (Wildman–Crippen MR) is 69.8 cm³/mol. The normalized spacial score (nSPS) is 20.1. The summed E-state index contributed by atoms with van der Waals surface area (Å²) in [5, 5.41) is 10.4. The fraction of sp³-hybridized carbons (Fsp3) is 0.583. The molecule has 0 amide bonds. The molecular formula is C12H13Cl2F3N2O. The van der Waals surface area contributed by atoms with Gasteiger partial charge in [-0.1, -0.05) is 23.2 Å². The van der Waals surface area contributed by atoms with Gasteiger partial charge in [0.25, 0.3) is 0 Å². The Morgan fingerprint density at radius 1 is 1.30 bits per heavy atom. The van der Waals surface area contributed by atoms with E-state index in [1.165, 1.54) is 6.20 Å². The van der Waals surface area contributed by atoms with Crippen LogP contribution in [0.1, 0.15) is 18.5 Å². The topological polar surface area (TPSA) is 36.4 Å². The highest BCUT2D eigenvalue weighted by molar-refractivity contribution is 6.34. The highest BCUT2D eigenvalue weighted by Gasteiger charge is 2.54. The maximum absolute atomic E-state index is 12.7. The summed E-state index contributed by atoms with van der Waals surface area (Å²) in [7, 11) is 0. The number of nitrogens with zero attached hydrogens (tertiary/aromatic N) is 2. The van der Waals surface area contributed by atoms with Gasteiger partial charge in [-0.15, -0.1) is 0 Å². The number of rotatable bonds is 2. The lowest BCUT2D eigenvalue weighted by Crippen LogP contribution is -2.53. The number of alkyl halides is 3. The summed E-state index contributed by atoms with van der Waals surface area (Å²) in [5.74, 6) is 0. The summed E-state index contributed by atoms with van der Waals surface area (Å²) in [4.78, 5) is 5.85. The predicted octanol–water partition coefficient (Wildman–Crippen LogP) is 3.28. The highest BCUT2D eigenvalue weighted by atomic mass is 35.5. The Morgan fingerprint density at radius 3 is 2.40 bits per heavy atom. The first-order valence-electron chi connectivity index (χ1n) is 6.03. The minimum Gasteiger partial charge on any atom is -0.380 e. The second-order valence-electron chi connectivity index (χ2n) is 4.89. The molecule has 1 saturated heterocycles. The molecule has 1 aliphatic heterocycles. The van der Waals surface area contributed by atoms with Gasteiger partial charge in [0.05, 0.1) is 15.7 Å². The second-order valence-corrected chi connectivity index (χ2v) is 5.73. The molecule has 8 heteroatoms. The van der Waals surface area contributed by atoms with E-state index in [0.717, 1.165) is 0 Å². The van der Waals surface area contributed by atoms with Gasteiger partial charge >= 0.3 is 6.18 Å². The summed E-state index contributed by atoms with van der Waals surface area (Å²) >= 11 is 11.7. The van der Waals surface area contributed by atoms with E-state index in [1.54, 1.807) is 11.0 Å². The fourth-order valence-electron chi connectivity index (χ4n) is 2.14. The molecule has 0 aliphatic carbocycles. The quantitative estimate of drug-likeness (QED) is 0.905. The van der Waals surface area contributed by atoms with Gasteiger partial charge in [-0.05, 0) is 18.9 Å². The zero-order chi connectivity index (χ0) is 15.0. The molecule has 0 radical (unpaired) electrons. The Bertz CT molecular complexity index is 488. The summed E-state index contributed by atoms with van der Waals surface area (Å²) in [6.07, 6.45) is -3.84. The average Bonchev–Trinajstić information content (AvgIpc) is 2.34. The number of pyridine rings is 1. The van der Waals surface area contributed by atoms with Crippen molar-refractivity contribution in [1.82, 2.24) is 9.88 Å². The Hall–Kier alpha value is -0.560. The lowest BCUT2D eigenvalue weighted by Gasteiger charge is -2.39. The molecule has 112 valence electrons. The molecule has 1 fully saturated rings. The van der Waals surface area contributed by atoms with Crippen molar-refractivity contribution in [2.45, 2.75) is 31.2 Å². The fourth-order valence-corrected chi connectivity index (χ4v) is 2.58. The minimum absolute atomic E-state index is 0.136. The summed E-state index contributed by atoms with van der Waals surface area (Å²) in [6.45, 7) is 0.608. The van der Waals surface area contributed by atoms with Crippen LogP contribution in [0.4, 0.5) is 13.2 Å². The number of piperidine rings is 1. The maximum Gasteiger partial charge on any atom is 0.417 e. The molecule has 0 atom stereocenters.